The minimum Gasteiger partial charge on any atom is -0.341 e. The molecule has 3 nitrogen and oxygen atoms in total. The summed E-state index contributed by atoms with van der Waals surface area (Å²) in [6.07, 6.45) is 8.16. The van der Waals surface area contributed by atoms with Crippen LogP contribution in [0.4, 0.5) is 0 Å². The number of benzene rings is 2. The van der Waals surface area contributed by atoms with Gasteiger partial charge in [0.1, 0.15) is 0 Å². The first-order chi connectivity index (χ1) is 15.7. The van der Waals surface area contributed by atoms with Gasteiger partial charge in [-0.2, -0.15) is 0 Å². The van der Waals surface area contributed by atoms with E-state index in [4.69, 9.17) is 0 Å². The van der Waals surface area contributed by atoms with Crippen LogP contribution in [0.5, 0.6) is 0 Å². The molecule has 0 atom stereocenters. The molecule has 2 aromatic carbocycles. The summed E-state index contributed by atoms with van der Waals surface area (Å²) < 4.78 is 2.26. The quantitative estimate of drug-likeness (QED) is 0.275. The number of fused-ring (bicyclic) bond motifs is 3. The first-order valence-corrected chi connectivity index (χ1v) is 12.7. The lowest BCUT2D eigenvalue weighted by molar-refractivity contribution is 0.0969. The first-order valence-electron chi connectivity index (χ1n) is 11.8. The lowest BCUT2D eigenvalue weighted by Gasteiger charge is -2.20. The van der Waals surface area contributed by atoms with Crippen LogP contribution >= 0.6 is 11.3 Å². The lowest BCUT2D eigenvalue weighted by Crippen LogP contribution is -2.09. The van der Waals surface area contributed by atoms with E-state index in [1.807, 2.05) is 47.8 Å². The highest BCUT2D eigenvalue weighted by Crippen LogP contribution is 2.33. The van der Waals surface area contributed by atoms with E-state index in [1.54, 1.807) is 0 Å². The van der Waals surface area contributed by atoms with E-state index >= 15 is 0 Å². The molecule has 164 valence electrons. The van der Waals surface area contributed by atoms with Crippen molar-refractivity contribution in [2.75, 3.05) is 0 Å². The van der Waals surface area contributed by atoms with E-state index in [2.05, 4.69) is 17.6 Å². The molecular formula is C28H29NO2S. The summed E-state index contributed by atoms with van der Waals surface area (Å²) in [7, 11) is 0. The highest BCUT2D eigenvalue weighted by Gasteiger charge is 2.18. The highest BCUT2D eigenvalue weighted by atomic mass is 32.1. The van der Waals surface area contributed by atoms with E-state index in [0.717, 1.165) is 45.2 Å². The molecule has 2 aromatic heterocycles. The molecule has 0 amide bonds. The molecule has 2 heterocycles. The van der Waals surface area contributed by atoms with Crippen LogP contribution in [0.3, 0.4) is 0 Å². The number of rotatable bonds is 7. The normalized spacial score (nSPS) is 14.9. The van der Waals surface area contributed by atoms with Crippen LogP contribution in [0, 0.1) is 5.92 Å². The van der Waals surface area contributed by atoms with E-state index in [1.165, 1.54) is 43.4 Å². The minimum atomic E-state index is 0.0546. The average Bonchev–Trinajstić information content (AvgIpc) is 3.48. The van der Waals surface area contributed by atoms with E-state index < -0.39 is 0 Å². The predicted molar refractivity (Wildman–Crippen MR) is 133 cm³/mol. The van der Waals surface area contributed by atoms with E-state index in [0.29, 0.717) is 17.9 Å². The Balaban J connectivity index is 1.50. The Morgan fingerprint density at radius 3 is 2.28 bits per heavy atom. The number of aryl methyl sites for hydroxylation is 1. The Kier molecular flexibility index (Phi) is 5.97. The third-order valence-electron chi connectivity index (χ3n) is 7.01. The molecule has 0 saturated heterocycles. The van der Waals surface area contributed by atoms with Gasteiger partial charge in [0.25, 0.3) is 0 Å². The van der Waals surface area contributed by atoms with Crippen molar-refractivity contribution in [3.8, 4) is 0 Å². The molecular weight excluding hydrogens is 414 g/mol. The number of thiophene rings is 1. The standard InChI is InChI=1S/C28H29NO2S/c1-2-29-24-13-11-20(26(30)15-10-19-7-4-3-5-8-19)17-22(24)23-18-21(12-14-25(23)29)28(31)27-9-6-16-32-27/h6,9,11-14,16-19H,2-5,7-8,10,15H2,1H3. The molecule has 5 rings (SSSR count). The summed E-state index contributed by atoms with van der Waals surface area (Å²) in [6.45, 7) is 2.97. The number of Topliss-reactive ketones (excluding diaryl/α,β-unsaturated/α-hetero) is 1. The maximum absolute atomic E-state index is 13.0. The van der Waals surface area contributed by atoms with Crippen molar-refractivity contribution in [1.29, 1.82) is 0 Å². The molecule has 0 aliphatic heterocycles. The summed E-state index contributed by atoms with van der Waals surface area (Å²) in [5.74, 6) is 1.00. The monoisotopic (exact) mass is 443 g/mol. The lowest BCUT2D eigenvalue weighted by atomic mass is 9.85. The largest absolute Gasteiger partial charge is 0.341 e. The summed E-state index contributed by atoms with van der Waals surface area (Å²) in [5.41, 5.74) is 3.71. The van der Waals surface area contributed by atoms with Crippen LogP contribution in [-0.2, 0) is 6.54 Å². The van der Waals surface area contributed by atoms with Crippen molar-refractivity contribution < 1.29 is 9.59 Å². The molecule has 0 unspecified atom stereocenters. The molecule has 0 spiro atoms. The van der Waals surface area contributed by atoms with Gasteiger partial charge in [-0.1, -0.05) is 38.2 Å². The number of ketones is 2. The fraction of sp³-hybridized carbons (Fsp3) is 0.357. The Labute approximate surface area is 193 Å². The molecule has 0 radical (unpaired) electrons. The number of nitrogens with zero attached hydrogens (tertiary/aromatic N) is 1. The average molecular weight is 444 g/mol. The Hall–Kier alpha value is -2.72. The number of aromatic nitrogens is 1. The van der Waals surface area contributed by atoms with Gasteiger partial charge in [-0.25, -0.2) is 0 Å². The zero-order valence-electron chi connectivity index (χ0n) is 18.6. The Bertz CT molecular complexity index is 1280. The van der Waals surface area contributed by atoms with Gasteiger partial charge in [-0.05, 0) is 67.1 Å². The van der Waals surface area contributed by atoms with Gasteiger partial charge < -0.3 is 4.57 Å². The molecule has 1 aliphatic rings. The second-order valence-corrected chi connectivity index (χ2v) is 9.93. The number of carbonyl (C=O) groups excluding carboxylic acids is 2. The molecule has 4 heteroatoms. The van der Waals surface area contributed by atoms with Crippen LogP contribution < -0.4 is 0 Å². The minimum absolute atomic E-state index is 0.0546. The summed E-state index contributed by atoms with van der Waals surface area (Å²) in [4.78, 5) is 26.7. The second kappa shape index (κ2) is 9.03. The summed E-state index contributed by atoms with van der Waals surface area (Å²) in [6, 6.07) is 15.9. The molecule has 0 bridgehead atoms. The van der Waals surface area contributed by atoms with Crippen LogP contribution in [0.2, 0.25) is 0 Å². The van der Waals surface area contributed by atoms with Gasteiger partial charge in [0.05, 0.1) is 4.88 Å². The molecule has 4 aromatic rings. The van der Waals surface area contributed by atoms with Gasteiger partial charge in [-0.3, -0.25) is 9.59 Å². The number of hydrogen-bond acceptors (Lipinski definition) is 3. The van der Waals surface area contributed by atoms with Crippen molar-refractivity contribution in [3.05, 3.63) is 69.9 Å². The smallest absolute Gasteiger partial charge is 0.202 e. The SMILES string of the molecule is CCn1c2ccc(C(=O)CCC3CCCCC3)cc2c2cc(C(=O)c3cccs3)ccc21. The zero-order chi connectivity index (χ0) is 22.1. The second-order valence-electron chi connectivity index (χ2n) is 8.98. The van der Waals surface area contributed by atoms with Crippen molar-refractivity contribution in [2.24, 2.45) is 5.92 Å². The Morgan fingerprint density at radius 2 is 1.62 bits per heavy atom. The first kappa shape index (κ1) is 21.1. The molecule has 1 fully saturated rings. The fourth-order valence-corrected chi connectivity index (χ4v) is 5.95. The van der Waals surface area contributed by atoms with E-state index in [9.17, 15) is 9.59 Å². The van der Waals surface area contributed by atoms with Gasteiger partial charge >= 0.3 is 0 Å². The van der Waals surface area contributed by atoms with Crippen LogP contribution in [-0.4, -0.2) is 16.1 Å². The topological polar surface area (TPSA) is 39.1 Å². The van der Waals surface area contributed by atoms with Crippen molar-refractivity contribution in [3.63, 3.8) is 0 Å². The van der Waals surface area contributed by atoms with Crippen LogP contribution in [0.1, 0.15) is 77.5 Å². The van der Waals surface area contributed by atoms with Crippen molar-refractivity contribution >= 4 is 44.7 Å². The molecule has 0 N–H and O–H groups in total. The van der Waals surface area contributed by atoms with Gasteiger partial charge in [0.15, 0.2) is 5.78 Å². The summed E-state index contributed by atoms with van der Waals surface area (Å²) in [5, 5.41) is 4.04. The molecule has 1 saturated carbocycles. The fourth-order valence-electron chi connectivity index (χ4n) is 5.26. The molecule has 32 heavy (non-hydrogen) atoms. The van der Waals surface area contributed by atoms with Gasteiger partial charge in [-0.15, -0.1) is 11.3 Å². The van der Waals surface area contributed by atoms with Crippen molar-refractivity contribution in [1.82, 2.24) is 4.57 Å². The van der Waals surface area contributed by atoms with Crippen molar-refractivity contribution in [2.45, 2.75) is 58.4 Å². The highest BCUT2D eigenvalue weighted by molar-refractivity contribution is 7.12. The summed E-state index contributed by atoms with van der Waals surface area (Å²) >= 11 is 1.47. The third kappa shape index (κ3) is 3.93. The number of hydrogen-bond donors (Lipinski definition) is 0. The van der Waals surface area contributed by atoms with Crippen LogP contribution in [0.25, 0.3) is 21.8 Å². The Morgan fingerprint density at radius 1 is 0.938 bits per heavy atom. The maximum atomic E-state index is 13.0. The number of carbonyl (C=O) groups is 2. The van der Waals surface area contributed by atoms with Gasteiger partial charge in [0.2, 0.25) is 5.78 Å². The van der Waals surface area contributed by atoms with Crippen LogP contribution in [0.15, 0.2) is 53.9 Å². The maximum Gasteiger partial charge on any atom is 0.202 e. The third-order valence-corrected chi connectivity index (χ3v) is 7.88. The molecule has 1 aliphatic carbocycles. The van der Waals surface area contributed by atoms with E-state index in [-0.39, 0.29) is 11.6 Å². The zero-order valence-corrected chi connectivity index (χ0v) is 19.4. The predicted octanol–water partition coefficient (Wildman–Crippen LogP) is 7.65. The van der Waals surface area contributed by atoms with Gasteiger partial charge in [0, 0.05) is 45.9 Å².